The van der Waals surface area contributed by atoms with Crippen LogP contribution in [0.15, 0.2) is 83.5 Å². The van der Waals surface area contributed by atoms with Crippen LogP contribution in [-0.2, 0) is 15.6 Å². The Morgan fingerprint density at radius 1 is 1.03 bits per heavy atom. The van der Waals surface area contributed by atoms with Crippen LogP contribution in [0, 0.1) is 6.92 Å². The van der Waals surface area contributed by atoms with E-state index < -0.39 is 9.84 Å². The number of sulfone groups is 1. The van der Waals surface area contributed by atoms with E-state index in [-0.39, 0.29) is 11.7 Å². The highest BCUT2D eigenvalue weighted by molar-refractivity contribution is 7.89. The third-order valence-corrected chi connectivity index (χ3v) is 6.29. The predicted molar refractivity (Wildman–Crippen MR) is 144 cm³/mol. The molecule has 2 aromatic heterocycles. The number of carbonyl (C=O) groups excluding carboxylic acids is 1. The summed E-state index contributed by atoms with van der Waals surface area (Å²) in [5.41, 5.74) is 1.80. The van der Waals surface area contributed by atoms with Crippen LogP contribution in [-0.4, -0.2) is 35.7 Å². The van der Waals surface area contributed by atoms with Gasteiger partial charge >= 0.3 is 0 Å². The van der Waals surface area contributed by atoms with Gasteiger partial charge in [-0.3, -0.25) is 4.79 Å². The third kappa shape index (κ3) is 6.13. The molecule has 0 atom stereocenters. The highest BCUT2D eigenvalue weighted by Crippen LogP contribution is 2.28. The molecule has 0 aliphatic carbocycles. The molecular weight excluding hydrogens is 506 g/mol. The maximum Gasteiger partial charge on any atom is 0.257 e. The van der Waals surface area contributed by atoms with E-state index in [9.17, 15) is 13.2 Å². The first-order chi connectivity index (χ1) is 18.2. The predicted octanol–water partition coefficient (Wildman–Crippen LogP) is 5.26. The smallest absolute Gasteiger partial charge is 0.257 e. The summed E-state index contributed by atoms with van der Waals surface area (Å²) in [6.45, 7) is 1.75. The summed E-state index contributed by atoms with van der Waals surface area (Å²) >= 11 is 0. The van der Waals surface area contributed by atoms with Crippen molar-refractivity contribution in [3.8, 4) is 11.6 Å². The second-order valence-electron chi connectivity index (χ2n) is 8.68. The number of hydrogen-bond acceptors (Lipinski definition) is 9. The molecule has 0 aliphatic rings. The Bertz CT molecular complexity index is 1750. The molecule has 192 valence electrons. The van der Waals surface area contributed by atoms with Gasteiger partial charge in [0.2, 0.25) is 11.8 Å². The Balaban J connectivity index is 1.32. The molecule has 1 amide bonds. The molecule has 38 heavy (non-hydrogen) atoms. The zero-order chi connectivity index (χ0) is 26.7. The lowest BCUT2D eigenvalue weighted by Crippen LogP contribution is -2.12. The Morgan fingerprint density at radius 2 is 1.87 bits per heavy atom. The van der Waals surface area contributed by atoms with Crippen LogP contribution in [0.5, 0.6) is 11.6 Å². The van der Waals surface area contributed by atoms with Gasteiger partial charge in [-0.05, 0) is 59.7 Å². The van der Waals surface area contributed by atoms with E-state index in [0.717, 1.165) is 10.8 Å². The Kier molecular flexibility index (Phi) is 6.75. The van der Waals surface area contributed by atoms with Gasteiger partial charge in [-0.1, -0.05) is 29.4 Å². The highest BCUT2D eigenvalue weighted by atomic mass is 32.2. The average molecular weight is 530 g/mol. The Morgan fingerprint density at radius 3 is 2.66 bits per heavy atom. The van der Waals surface area contributed by atoms with Crippen LogP contribution in [0.2, 0.25) is 0 Å². The van der Waals surface area contributed by atoms with Gasteiger partial charge < -0.3 is 19.9 Å². The molecule has 10 nitrogen and oxygen atoms in total. The van der Waals surface area contributed by atoms with Crippen LogP contribution in [0.25, 0.3) is 10.8 Å². The van der Waals surface area contributed by atoms with Gasteiger partial charge in [0.25, 0.3) is 5.91 Å². The van der Waals surface area contributed by atoms with Gasteiger partial charge in [-0.2, -0.15) is 4.98 Å². The van der Waals surface area contributed by atoms with Crippen LogP contribution in [0.3, 0.4) is 0 Å². The van der Waals surface area contributed by atoms with Crippen molar-refractivity contribution >= 4 is 44.0 Å². The molecule has 0 aliphatic heterocycles. The topological polar surface area (TPSA) is 136 Å². The van der Waals surface area contributed by atoms with Crippen molar-refractivity contribution in [3.63, 3.8) is 0 Å². The number of benzene rings is 3. The summed E-state index contributed by atoms with van der Waals surface area (Å²) in [5.74, 6) is 1.72. The molecule has 5 aromatic rings. The van der Waals surface area contributed by atoms with E-state index in [1.807, 2.05) is 12.1 Å². The average Bonchev–Trinajstić information content (AvgIpc) is 3.27. The van der Waals surface area contributed by atoms with Crippen molar-refractivity contribution in [1.82, 2.24) is 15.1 Å². The Hall–Kier alpha value is -4.77. The molecule has 0 saturated heterocycles. The molecule has 0 spiro atoms. The number of aryl methyl sites for hydroxylation is 1. The highest BCUT2D eigenvalue weighted by Gasteiger charge is 2.13. The second-order valence-corrected chi connectivity index (χ2v) is 10.8. The van der Waals surface area contributed by atoms with Crippen LogP contribution >= 0.6 is 0 Å². The number of fused-ring (bicyclic) bond motifs is 1. The first-order valence-electron chi connectivity index (χ1n) is 11.5. The van der Waals surface area contributed by atoms with Crippen molar-refractivity contribution in [2.45, 2.75) is 12.7 Å². The normalized spacial score (nSPS) is 11.3. The minimum Gasteiger partial charge on any atom is -0.439 e. The van der Waals surface area contributed by atoms with Crippen molar-refractivity contribution in [3.05, 3.63) is 95.9 Å². The number of hydrogen-bond donors (Lipinski definition) is 2. The molecule has 11 heteroatoms. The number of ether oxygens (including phenoxy) is 1. The fraction of sp³-hybridized carbons (Fsp3) is 0.111. The molecule has 2 heterocycles. The SMILES string of the molecule is Cc1cc(NC(=O)c2cccc3cc(Oc4ccnc(Nc5cccc(CS(C)(=O)=O)c5)n4)ccc23)no1. The zero-order valence-electron chi connectivity index (χ0n) is 20.5. The monoisotopic (exact) mass is 529 g/mol. The van der Waals surface area contributed by atoms with Gasteiger partial charge in [0.1, 0.15) is 11.5 Å². The molecule has 2 N–H and O–H groups in total. The lowest BCUT2D eigenvalue weighted by atomic mass is 10.0. The molecule has 0 radical (unpaired) electrons. The van der Waals surface area contributed by atoms with Crippen molar-refractivity contribution in [2.24, 2.45) is 0 Å². The van der Waals surface area contributed by atoms with Gasteiger partial charge in [-0.15, -0.1) is 0 Å². The molecule has 0 fully saturated rings. The maximum atomic E-state index is 12.8. The number of amides is 1. The van der Waals surface area contributed by atoms with E-state index in [1.54, 1.807) is 73.8 Å². The van der Waals surface area contributed by atoms with Crippen molar-refractivity contribution in [1.29, 1.82) is 0 Å². The molecule has 0 bridgehead atoms. The van der Waals surface area contributed by atoms with E-state index in [2.05, 4.69) is 25.8 Å². The quantitative estimate of drug-likeness (QED) is 0.276. The number of carbonyl (C=O) groups is 1. The van der Waals surface area contributed by atoms with Gasteiger partial charge in [0, 0.05) is 35.8 Å². The van der Waals surface area contributed by atoms with Crippen LogP contribution in [0.4, 0.5) is 17.5 Å². The summed E-state index contributed by atoms with van der Waals surface area (Å²) in [6.07, 6.45) is 2.75. The summed E-state index contributed by atoms with van der Waals surface area (Å²) in [6, 6.07) is 21.1. The number of anilines is 3. The van der Waals surface area contributed by atoms with Crippen molar-refractivity contribution in [2.75, 3.05) is 16.9 Å². The maximum absolute atomic E-state index is 12.8. The van der Waals surface area contributed by atoms with E-state index in [4.69, 9.17) is 9.26 Å². The Labute approximate surface area is 218 Å². The number of aromatic nitrogens is 3. The van der Waals surface area contributed by atoms with E-state index in [0.29, 0.717) is 46.0 Å². The fourth-order valence-electron chi connectivity index (χ4n) is 3.88. The lowest BCUT2D eigenvalue weighted by molar-refractivity contribution is 0.102. The van der Waals surface area contributed by atoms with Crippen LogP contribution < -0.4 is 15.4 Å². The molecule has 5 rings (SSSR count). The van der Waals surface area contributed by atoms with E-state index in [1.165, 1.54) is 6.26 Å². The van der Waals surface area contributed by atoms with Crippen LogP contribution in [0.1, 0.15) is 21.7 Å². The first kappa shape index (κ1) is 24.9. The summed E-state index contributed by atoms with van der Waals surface area (Å²) in [5, 5.41) is 11.2. The number of nitrogens with one attached hydrogen (secondary N) is 2. The molecule has 0 saturated carbocycles. The molecule has 0 unspecified atom stereocenters. The van der Waals surface area contributed by atoms with E-state index >= 15 is 0 Å². The van der Waals surface area contributed by atoms with Gasteiger partial charge in [0.05, 0.1) is 5.75 Å². The van der Waals surface area contributed by atoms with Crippen molar-refractivity contribution < 1.29 is 22.5 Å². The third-order valence-electron chi connectivity index (χ3n) is 5.43. The molecular formula is C27H23N5O5S. The zero-order valence-corrected chi connectivity index (χ0v) is 21.3. The largest absolute Gasteiger partial charge is 0.439 e. The second kappa shape index (κ2) is 10.3. The lowest BCUT2D eigenvalue weighted by Gasteiger charge is -2.10. The number of nitrogens with zero attached hydrogens (tertiary/aromatic N) is 3. The van der Waals surface area contributed by atoms with Gasteiger partial charge in [0.15, 0.2) is 15.7 Å². The standard InChI is InChI=1S/C27H23N5O5S/c1-17-13-24(32-37-17)30-26(33)23-8-4-6-19-15-21(9-10-22(19)23)36-25-11-12-28-27(31-25)29-20-7-3-5-18(14-20)16-38(2,34)35/h3-15H,16H2,1-2H3,(H,28,29,31)(H,30,32,33). The fourth-order valence-corrected chi connectivity index (χ4v) is 4.67. The minimum atomic E-state index is -3.15. The first-order valence-corrected chi connectivity index (χ1v) is 13.6. The minimum absolute atomic E-state index is 0.0578. The van der Waals surface area contributed by atoms with Gasteiger partial charge in [-0.25, -0.2) is 13.4 Å². The molecule has 3 aromatic carbocycles. The summed E-state index contributed by atoms with van der Waals surface area (Å²) in [7, 11) is -3.15. The number of rotatable bonds is 8. The summed E-state index contributed by atoms with van der Waals surface area (Å²) < 4.78 is 34.2. The summed E-state index contributed by atoms with van der Waals surface area (Å²) in [4.78, 5) is 21.4.